The zero-order valence-corrected chi connectivity index (χ0v) is 14.4. The molecule has 0 heterocycles. The van der Waals surface area contributed by atoms with Crippen LogP contribution in [0.5, 0.6) is 0 Å². The molecule has 124 valence electrons. The molecule has 0 aromatic carbocycles. The largest absolute Gasteiger partial charge is 0.300 e. The second-order valence-corrected chi connectivity index (χ2v) is 9.52. The third kappa shape index (κ3) is 1.61. The van der Waals surface area contributed by atoms with Gasteiger partial charge in [-0.25, -0.2) is 0 Å². The first-order valence-electron chi connectivity index (χ1n) is 9.71. The lowest BCUT2D eigenvalue weighted by atomic mass is 9.36. The minimum atomic E-state index is 0.266. The fourth-order valence-electron chi connectivity index (χ4n) is 8.10. The van der Waals surface area contributed by atoms with E-state index in [1.54, 1.807) is 5.57 Å². The molecule has 0 aromatic heterocycles. The van der Waals surface area contributed by atoms with E-state index in [1.807, 2.05) is 13.0 Å². The van der Waals surface area contributed by atoms with E-state index in [0.29, 0.717) is 28.8 Å². The smallest absolute Gasteiger partial charge is 0.155 e. The van der Waals surface area contributed by atoms with Crippen LogP contribution in [0.1, 0.15) is 65.2 Å². The van der Waals surface area contributed by atoms with Gasteiger partial charge in [0.1, 0.15) is 5.78 Å². The zero-order chi connectivity index (χ0) is 16.0. The van der Waals surface area contributed by atoms with E-state index in [2.05, 4.69) is 6.92 Å². The number of hydrogen-bond donors (Lipinski definition) is 0. The molecule has 6 aliphatic carbocycles. The molecular formula is C21H28O2. The Bertz CT molecular complexity index is 632. The molecule has 0 N–H and O–H groups in total. The van der Waals surface area contributed by atoms with Crippen LogP contribution in [0.3, 0.4) is 0 Å². The third-order valence-corrected chi connectivity index (χ3v) is 8.95. The molecule has 2 heteroatoms. The topological polar surface area (TPSA) is 34.1 Å². The van der Waals surface area contributed by atoms with Gasteiger partial charge in [-0.3, -0.25) is 9.59 Å². The van der Waals surface area contributed by atoms with Gasteiger partial charge in [-0.15, -0.1) is 0 Å². The second-order valence-electron chi connectivity index (χ2n) is 9.52. The Balaban J connectivity index is 1.50. The Kier molecular flexibility index (Phi) is 2.74. The summed E-state index contributed by atoms with van der Waals surface area (Å²) in [4.78, 5) is 24.0. The van der Waals surface area contributed by atoms with Gasteiger partial charge in [0.25, 0.3) is 0 Å². The highest BCUT2D eigenvalue weighted by Crippen LogP contribution is 2.74. The summed E-state index contributed by atoms with van der Waals surface area (Å²) in [6.07, 6.45) is 11.5. The van der Waals surface area contributed by atoms with Crippen LogP contribution < -0.4 is 0 Å². The van der Waals surface area contributed by atoms with Gasteiger partial charge in [0.15, 0.2) is 5.78 Å². The SMILES string of the molecule is CC(=O)[C@H]1CC[C@H]2[C@@H]3CC4C[C@@]5(CCC(=O)C=C45)[C@H]3CC[C@]12C. The second kappa shape index (κ2) is 4.37. The molecule has 0 amide bonds. The molecule has 7 atom stereocenters. The lowest BCUT2D eigenvalue weighted by Gasteiger charge is -2.68. The summed E-state index contributed by atoms with van der Waals surface area (Å²) in [5.74, 6) is 4.19. The summed E-state index contributed by atoms with van der Waals surface area (Å²) >= 11 is 0. The van der Waals surface area contributed by atoms with Crippen LogP contribution in [0.2, 0.25) is 0 Å². The average molecular weight is 312 g/mol. The summed E-state index contributed by atoms with van der Waals surface area (Å²) in [5, 5.41) is 0. The van der Waals surface area contributed by atoms with Crippen molar-refractivity contribution >= 4 is 11.6 Å². The first-order valence-corrected chi connectivity index (χ1v) is 9.71. The number of carbonyl (C=O) groups is 2. The van der Waals surface area contributed by atoms with Gasteiger partial charge >= 0.3 is 0 Å². The van der Waals surface area contributed by atoms with E-state index in [1.165, 1.54) is 32.1 Å². The zero-order valence-electron chi connectivity index (χ0n) is 14.4. The van der Waals surface area contributed by atoms with E-state index in [4.69, 9.17) is 0 Å². The number of ketones is 2. The summed E-state index contributed by atoms with van der Waals surface area (Å²) in [5.41, 5.74) is 2.21. The van der Waals surface area contributed by atoms with E-state index in [9.17, 15) is 9.59 Å². The van der Waals surface area contributed by atoms with Gasteiger partial charge in [-0.2, -0.15) is 0 Å². The minimum absolute atomic E-state index is 0.266. The van der Waals surface area contributed by atoms with Crippen molar-refractivity contribution in [1.82, 2.24) is 0 Å². The van der Waals surface area contributed by atoms with E-state index in [0.717, 1.165) is 37.0 Å². The molecule has 2 bridgehead atoms. The Morgan fingerprint density at radius 3 is 2.78 bits per heavy atom. The average Bonchev–Trinajstić information content (AvgIpc) is 2.87. The predicted octanol–water partition coefficient (Wildman–Crippen LogP) is 4.33. The molecule has 1 unspecified atom stereocenters. The normalized spacial score (nSPS) is 53.6. The maximum Gasteiger partial charge on any atom is 0.155 e. The van der Waals surface area contributed by atoms with Crippen LogP contribution in [-0.2, 0) is 9.59 Å². The standard InChI is InChI=1S/C21H28O2/c1-12(22)16-3-4-17-15-9-13-11-21(8-5-14(23)10-19(13)21)18(15)6-7-20(16,17)2/h10,13,15-18H,3-9,11H2,1-2H3/t13?,15-,16+,17-,18-,20+,21-/m0/s1. The first kappa shape index (κ1) is 14.4. The van der Waals surface area contributed by atoms with Gasteiger partial charge in [-0.1, -0.05) is 12.5 Å². The number of fused-ring (bicyclic) bond motifs is 1. The van der Waals surface area contributed by atoms with Crippen LogP contribution in [0, 0.1) is 40.4 Å². The van der Waals surface area contributed by atoms with E-state index >= 15 is 0 Å². The van der Waals surface area contributed by atoms with Crippen molar-refractivity contribution in [2.24, 2.45) is 40.4 Å². The fourth-order valence-corrected chi connectivity index (χ4v) is 8.10. The lowest BCUT2D eigenvalue weighted by Crippen LogP contribution is -2.60. The van der Waals surface area contributed by atoms with Crippen molar-refractivity contribution in [2.75, 3.05) is 0 Å². The highest BCUT2D eigenvalue weighted by atomic mass is 16.1. The summed E-state index contributed by atoms with van der Waals surface area (Å²) in [6, 6.07) is 0. The molecule has 2 nitrogen and oxygen atoms in total. The molecule has 6 aliphatic rings. The molecule has 0 aliphatic heterocycles. The molecule has 23 heavy (non-hydrogen) atoms. The van der Waals surface area contributed by atoms with Crippen molar-refractivity contribution in [3.05, 3.63) is 11.6 Å². The summed E-state index contributed by atoms with van der Waals surface area (Å²) in [6.45, 7) is 4.24. The van der Waals surface area contributed by atoms with Gasteiger partial charge in [0.05, 0.1) is 0 Å². The Morgan fingerprint density at radius 1 is 1.17 bits per heavy atom. The monoisotopic (exact) mass is 312 g/mol. The van der Waals surface area contributed by atoms with Crippen LogP contribution in [0.15, 0.2) is 11.6 Å². The number of hydrogen-bond acceptors (Lipinski definition) is 2. The molecule has 6 rings (SSSR count). The lowest BCUT2D eigenvalue weighted by molar-refractivity contribution is -0.140. The van der Waals surface area contributed by atoms with E-state index in [-0.39, 0.29) is 5.41 Å². The Morgan fingerprint density at radius 2 is 2.00 bits per heavy atom. The van der Waals surface area contributed by atoms with Gasteiger partial charge in [0.2, 0.25) is 0 Å². The van der Waals surface area contributed by atoms with Crippen LogP contribution in [-0.4, -0.2) is 11.6 Å². The van der Waals surface area contributed by atoms with Crippen molar-refractivity contribution in [1.29, 1.82) is 0 Å². The fraction of sp³-hybridized carbons (Fsp3) is 0.810. The van der Waals surface area contributed by atoms with E-state index < -0.39 is 0 Å². The number of Topliss-reactive ketones (excluding diaryl/α,β-unsaturated/α-hetero) is 1. The van der Waals surface area contributed by atoms with Gasteiger partial charge < -0.3 is 0 Å². The molecule has 0 aromatic rings. The first-order chi connectivity index (χ1) is 11.0. The molecule has 0 saturated heterocycles. The molecule has 5 fully saturated rings. The summed E-state index contributed by atoms with van der Waals surface area (Å²) in [7, 11) is 0. The van der Waals surface area contributed by atoms with Crippen LogP contribution >= 0.6 is 0 Å². The third-order valence-electron chi connectivity index (χ3n) is 8.95. The summed E-state index contributed by atoms with van der Waals surface area (Å²) < 4.78 is 0. The molecular weight excluding hydrogens is 284 g/mol. The van der Waals surface area contributed by atoms with Crippen LogP contribution in [0.4, 0.5) is 0 Å². The maximum absolute atomic E-state index is 12.2. The van der Waals surface area contributed by atoms with Crippen molar-refractivity contribution in [3.63, 3.8) is 0 Å². The quantitative estimate of drug-likeness (QED) is 0.722. The predicted molar refractivity (Wildman–Crippen MR) is 88.7 cm³/mol. The molecule has 0 radical (unpaired) electrons. The number of carbonyl (C=O) groups excluding carboxylic acids is 2. The number of allylic oxidation sites excluding steroid dienone is 1. The minimum Gasteiger partial charge on any atom is -0.300 e. The highest BCUT2D eigenvalue weighted by Gasteiger charge is 2.66. The van der Waals surface area contributed by atoms with Crippen LogP contribution in [0.25, 0.3) is 0 Å². The van der Waals surface area contributed by atoms with Gasteiger partial charge in [0, 0.05) is 12.3 Å². The van der Waals surface area contributed by atoms with Gasteiger partial charge in [-0.05, 0) is 92.4 Å². The molecule has 1 spiro atoms. The Hall–Kier alpha value is -0.920. The van der Waals surface area contributed by atoms with Crippen molar-refractivity contribution in [3.8, 4) is 0 Å². The maximum atomic E-state index is 12.2. The Labute approximate surface area is 139 Å². The van der Waals surface area contributed by atoms with Crippen molar-refractivity contribution < 1.29 is 9.59 Å². The number of rotatable bonds is 1. The van der Waals surface area contributed by atoms with Crippen molar-refractivity contribution in [2.45, 2.75) is 65.2 Å². The highest BCUT2D eigenvalue weighted by molar-refractivity contribution is 5.92. The molecule has 5 saturated carbocycles.